The van der Waals surface area contributed by atoms with Gasteiger partial charge in [-0.15, -0.1) is 0 Å². The second-order valence-electron chi connectivity index (χ2n) is 4.57. The molecule has 0 saturated heterocycles. The summed E-state index contributed by atoms with van der Waals surface area (Å²) in [5.74, 6) is 1.18. The van der Waals surface area contributed by atoms with Crippen molar-refractivity contribution in [3.63, 3.8) is 0 Å². The first-order valence-corrected chi connectivity index (χ1v) is 6.66. The van der Waals surface area contributed by atoms with Crippen LogP contribution in [0.15, 0.2) is 24.3 Å². The van der Waals surface area contributed by atoms with E-state index in [2.05, 4.69) is 34.0 Å². The lowest BCUT2D eigenvalue weighted by Crippen LogP contribution is -2.13. The summed E-state index contributed by atoms with van der Waals surface area (Å²) in [6.07, 6.45) is 2.16. The molecule has 0 radical (unpaired) electrons. The third kappa shape index (κ3) is 3.41. The minimum atomic E-state index is 0.217. The number of hydrogen-bond acceptors (Lipinski definition) is 4. The van der Waals surface area contributed by atoms with Crippen molar-refractivity contribution in [1.82, 2.24) is 15.0 Å². The molecule has 0 saturated carbocycles. The molecule has 2 aromatic rings. The van der Waals surface area contributed by atoms with Crippen LogP contribution in [0.4, 0.5) is 5.95 Å². The maximum Gasteiger partial charge on any atom is 0.229 e. The number of halogens is 1. The topological polar surface area (TPSA) is 41.9 Å². The molecule has 1 heterocycles. The Morgan fingerprint density at radius 1 is 1.16 bits per heavy atom. The van der Waals surface area contributed by atoms with Crippen molar-refractivity contribution in [3.05, 3.63) is 35.1 Å². The Hall–Kier alpha value is -1.68. The fraction of sp³-hybridized carbons (Fsp3) is 0.357. The zero-order valence-electron chi connectivity index (χ0n) is 11.4. The number of aromatic nitrogens is 3. The van der Waals surface area contributed by atoms with Crippen molar-refractivity contribution in [2.75, 3.05) is 19.0 Å². The van der Waals surface area contributed by atoms with Crippen LogP contribution in [0.5, 0.6) is 0 Å². The minimum Gasteiger partial charge on any atom is -0.347 e. The maximum atomic E-state index is 5.96. The van der Waals surface area contributed by atoms with Crippen LogP contribution in [-0.4, -0.2) is 29.0 Å². The van der Waals surface area contributed by atoms with Gasteiger partial charge in [0.15, 0.2) is 5.82 Å². The van der Waals surface area contributed by atoms with Crippen molar-refractivity contribution >= 4 is 17.5 Å². The third-order valence-corrected chi connectivity index (χ3v) is 2.89. The summed E-state index contributed by atoms with van der Waals surface area (Å²) < 4.78 is 0. The van der Waals surface area contributed by atoms with E-state index in [1.807, 2.05) is 31.1 Å². The molecule has 1 aromatic carbocycles. The number of nitrogens with zero attached hydrogens (tertiary/aromatic N) is 4. The molecule has 0 atom stereocenters. The molecule has 0 bridgehead atoms. The highest BCUT2D eigenvalue weighted by atomic mass is 35.5. The Bertz CT molecular complexity index is 569. The molecule has 0 spiro atoms. The van der Waals surface area contributed by atoms with E-state index in [0.717, 1.165) is 18.4 Å². The van der Waals surface area contributed by atoms with E-state index in [4.69, 9.17) is 11.6 Å². The first kappa shape index (κ1) is 13.7. The average molecular weight is 277 g/mol. The van der Waals surface area contributed by atoms with Crippen molar-refractivity contribution in [3.8, 4) is 11.4 Å². The molecule has 2 rings (SSSR count). The predicted octanol–water partition coefficient (Wildman–Crippen LogP) is 3.21. The summed E-state index contributed by atoms with van der Waals surface area (Å²) in [6.45, 7) is 2.16. The van der Waals surface area contributed by atoms with Crippen LogP contribution in [0.2, 0.25) is 5.28 Å². The van der Waals surface area contributed by atoms with Crippen molar-refractivity contribution in [1.29, 1.82) is 0 Å². The Balaban J connectivity index is 2.43. The van der Waals surface area contributed by atoms with Crippen molar-refractivity contribution in [2.45, 2.75) is 19.8 Å². The number of aryl methyl sites for hydroxylation is 1. The maximum absolute atomic E-state index is 5.96. The van der Waals surface area contributed by atoms with E-state index >= 15 is 0 Å². The van der Waals surface area contributed by atoms with Gasteiger partial charge in [0, 0.05) is 19.7 Å². The van der Waals surface area contributed by atoms with Gasteiger partial charge in [-0.05, 0) is 29.7 Å². The summed E-state index contributed by atoms with van der Waals surface area (Å²) in [4.78, 5) is 14.5. The lowest BCUT2D eigenvalue weighted by atomic mass is 10.1. The van der Waals surface area contributed by atoms with Gasteiger partial charge in [-0.1, -0.05) is 31.5 Å². The highest BCUT2D eigenvalue weighted by Gasteiger charge is 2.09. The van der Waals surface area contributed by atoms with Crippen LogP contribution in [0.25, 0.3) is 11.4 Å². The van der Waals surface area contributed by atoms with Gasteiger partial charge in [0.05, 0.1) is 0 Å². The van der Waals surface area contributed by atoms with Crippen LogP contribution >= 0.6 is 11.6 Å². The number of anilines is 1. The fourth-order valence-corrected chi connectivity index (χ4v) is 1.98. The zero-order chi connectivity index (χ0) is 13.8. The summed E-state index contributed by atoms with van der Waals surface area (Å²) in [7, 11) is 3.76. The van der Waals surface area contributed by atoms with Gasteiger partial charge in [0.2, 0.25) is 11.2 Å². The number of rotatable bonds is 4. The first-order chi connectivity index (χ1) is 9.10. The molecule has 5 heteroatoms. The summed E-state index contributed by atoms with van der Waals surface area (Å²) >= 11 is 5.96. The van der Waals surface area contributed by atoms with Gasteiger partial charge in [0.25, 0.3) is 0 Å². The number of hydrogen-bond donors (Lipinski definition) is 0. The van der Waals surface area contributed by atoms with Gasteiger partial charge in [-0.25, -0.2) is 0 Å². The molecule has 0 aliphatic heterocycles. The standard InChI is InChI=1S/C14H17ClN4/c1-4-6-10-7-5-8-11(9-10)12-16-13(15)18-14(17-12)19(2)3/h5,7-9H,4,6H2,1-3H3. The normalized spacial score (nSPS) is 10.5. The third-order valence-electron chi connectivity index (χ3n) is 2.72. The first-order valence-electron chi connectivity index (χ1n) is 6.28. The molecule has 100 valence electrons. The Labute approximate surface area is 118 Å². The Morgan fingerprint density at radius 2 is 1.95 bits per heavy atom. The van der Waals surface area contributed by atoms with Crippen LogP contribution in [0.3, 0.4) is 0 Å². The zero-order valence-corrected chi connectivity index (χ0v) is 12.1. The summed E-state index contributed by atoms with van der Waals surface area (Å²) in [6, 6.07) is 8.23. The van der Waals surface area contributed by atoms with E-state index in [1.54, 1.807) is 0 Å². The van der Waals surface area contributed by atoms with Gasteiger partial charge in [-0.3, -0.25) is 0 Å². The van der Waals surface area contributed by atoms with E-state index in [9.17, 15) is 0 Å². The average Bonchev–Trinajstić information content (AvgIpc) is 2.38. The fourth-order valence-electron chi connectivity index (χ4n) is 1.82. The summed E-state index contributed by atoms with van der Waals surface area (Å²) in [5.41, 5.74) is 2.25. The molecule has 0 aliphatic carbocycles. The second-order valence-corrected chi connectivity index (χ2v) is 4.91. The van der Waals surface area contributed by atoms with Gasteiger partial charge in [-0.2, -0.15) is 15.0 Å². The van der Waals surface area contributed by atoms with E-state index in [-0.39, 0.29) is 5.28 Å². The highest BCUT2D eigenvalue weighted by Crippen LogP contribution is 2.20. The highest BCUT2D eigenvalue weighted by molar-refractivity contribution is 6.28. The summed E-state index contributed by atoms with van der Waals surface area (Å²) in [5, 5.41) is 0.217. The molecule has 0 fully saturated rings. The number of benzene rings is 1. The van der Waals surface area contributed by atoms with Crippen LogP contribution in [0, 0.1) is 0 Å². The van der Waals surface area contributed by atoms with Crippen molar-refractivity contribution < 1.29 is 0 Å². The van der Waals surface area contributed by atoms with Crippen LogP contribution in [-0.2, 0) is 6.42 Å². The molecule has 0 N–H and O–H groups in total. The molecule has 1 aromatic heterocycles. The Morgan fingerprint density at radius 3 is 2.63 bits per heavy atom. The van der Waals surface area contributed by atoms with Crippen LogP contribution in [0.1, 0.15) is 18.9 Å². The Kier molecular flexibility index (Phi) is 4.32. The SMILES string of the molecule is CCCc1cccc(-c2nc(Cl)nc(N(C)C)n2)c1. The monoisotopic (exact) mass is 276 g/mol. The molecule has 0 unspecified atom stereocenters. The van der Waals surface area contributed by atoms with E-state index < -0.39 is 0 Å². The van der Waals surface area contributed by atoms with E-state index in [0.29, 0.717) is 11.8 Å². The largest absolute Gasteiger partial charge is 0.347 e. The molecular weight excluding hydrogens is 260 g/mol. The van der Waals surface area contributed by atoms with Crippen molar-refractivity contribution in [2.24, 2.45) is 0 Å². The van der Waals surface area contributed by atoms with Crippen LogP contribution < -0.4 is 4.90 Å². The lowest BCUT2D eigenvalue weighted by molar-refractivity contribution is 0.920. The van der Waals surface area contributed by atoms with Gasteiger partial charge < -0.3 is 4.90 Å². The quantitative estimate of drug-likeness (QED) is 0.860. The second kappa shape index (κ2) is 5.97. The molecule has 0 aliphatic rings. The minimum absolute atomic E-state index is 0.217. The predicted molar refractivity (Wildman–Crippen MR) is 78.6 cm³/mol. The molecule has 4 nitrogen and oxygen atoms in total. The molecular formula is C14H17ClN4. The van der Waals surface area contributed by atoms with Gasteiger partial charge in [0.1, 0.15) is 0 Å². The van der Waals surface area contributed by atoms with Gasteiger partial charge >= 0.3 is 0 Å². The smallest absolute Gasteiger partial charge is 0.229 e. The molecule has 0 amide bonds. The lowest BCUT2D eigenvalue weighted by Gasteiger charge is -2.11. The molecule has 19 heavy (non-hydrogen) atoms. The van der Waals surface area contributed by atoms with E-state index in [1.165, 1.54) is 5.56 Å².